The second-order valence-electron chi connectivity index (χ2n) is 5.93. The molecule has 0 saturated carbocycles. The topological polar surface area (TPSA) is 54.9 Å². The standard InChI is InChI=1S/C19H17N3OS/c23-18(11-13-7-8-14-4-3-5-15(14)10-13)22-19-21-17(12-24-19)16-6-1-2-9-20-16/h1-2,6-10,12H,3-5,11H2,(H,21,22,23). The second-order valence-corrected chi connectivity index (χ2v) is 6.79. The molecule has 24 heavy (non-hydrogen) atoms. The second kappa shape index (κ2) is 6.53. The van der Waals surface area contributed by atoms with Crippen molar-refractivity contribution in [1.82, 2.24) is 9.97 Å². The molecule has 0 bridgehead atoms. The number of nitrogens with zero attached hydrogens (tertiary/aromatic N) is 2. The van der Waals surface area contributed by atoms with Crippen molar-refractivity contribution in [3.05, 3.63) is 64.7 Å². The van der Waals surface area contributed by atoms with E-state index in [-0.39, 0.29) is 5.91 Å². The van der Waals surface area contributed by atoms with Crippen molar-refractivity contribution < 1.29 is 4.79 Å². The highest BCUT2D eigenvalue weighted by atomic mass is 32.1. The summed E-state index contributed by atoms with van der Waals surface area (Å²) in [6, 6.07) is 12.1. The lowest BCUT2D eigenvalue weighted by Crippen LogP contribution is -2.14. The molecule has 4 nitrogen and oxygen atoms in total. The summed E-state index contributed by atoms with van der Waals surface area (Å²) in [6.07, 6.45) is 5.63. The summed E-state index contributed by atoms with van der Waals surface area (Å²) >= 11 is 1.42. The molecule has 0 fully saturated rings. The predicted octanol–water partition coefficient (Wildman–Crippen LogP) is 3.88. The van der Waals surface area contributed by atoms with Gasteiger partial charge in [-0.25, -0.2) is 4.98 Å². The normalized spacial score (nSPS) is 12.8. The van der Waals surface area contributed by atoms with E-state index in [2.05, 4.69) is 33.5 Å². The fourth-order valence-corrected chi connectivity index (χ4v) is 3.77. The number of hydrogen-bond acceptors (Lipinski definition) is 4. The van der Waals surface area contributed by atoms with Crippen LogP contribution in [-0.4, -0.2) is 15.9 Å². The SMILES string of the molecule is O=C(Cc1ccc2c(c1)CCC2)Nc1nc(-c2ccccn2)cs1. The molecular formula is C19H17N3OS. The summed E-state index contributed by atoms with van der Waals surface area (Å²) in [5.41, 5.74) is 5.49. The molecule has 4 rings (SSSR count). The van der Waals surface area contributed by atoms with Crippen LogP contribution in [0.3, 0.4) is 0 Å². The summed E-state index contributed by atoms with van der Waals surface area (Å²) in [7, 11) is 0. The number of carbonyl (C=O) groups is 1. The Hall–Kier alpha value is -2.53. The lowest BCUT2D eigenvalue weighted by atomic mass is 10.0. The summed E-state index contributed by atoms with van der Waals surface area (Å²) in [5.74, 6) is -0.0325. The number of carbonyl (C=O) groups excluding carboxylic acids is 1. The van der Waals surface area contributed by atoms with Gasteiger partial charge in [0, 0.05) is 11.6 Å². The maximum absolute atomic E-state index is 12.3. The number of hydrogen-bond donors (Lipinski definition) is 1. The summed E-state index contributed by atoms with van der Waals surface area (Å²) in [4.78, 5) is 21.0. The highest BCUT2D eigenvalue weighted by Gasteiger charge is 2.13. The van der Waals surface area contributed by atoms with Crippen LogP contribution in [-0.2, 0) is 24.1 Å². The molecule has 1 N–H and O–H groups in total. The summed E-state index contributed by atoms with van der Waals surface area (Å²) in [5, 5.41) is 5.41. The van der Waals surface area contributed by atoms with Gasteiger partial charge >= 0.3 is 0 Å². The minimum atomic E-state index is -0.0325. The minimum absolute atomic E-state index is 0.0325. The molecule has 3 aromatic rings. The maximum Gasteiger partial charge on any atom is 0.230 e. The van der Waals surface area contributed by atoms with E-state index in [9.17, 15) is 4.79 Å². The predicted molar refractivity (Wildman–Crippen MR) is 96.1 cm³/mol. The number of aromatic nitrogens is 2. The number of benzene rings is 1. The van der Waals surface area contributed by atoms with E-state index < -0.39 is 0 Å². The molecule has 0 atom stereocenters. The molecule has 120 valence electrons. The molecule has 0 aliphatic heterocycles. The van der Waals surface area contributed by atoms with Crippen LogP contribution in [0.5, 0.6) is 0 Å². The van der Waals surface area contributed by atoms with Gasteiger partial charge in [-0.15, -0.1) is 11.3 Å². The van der Waals surface area contributed by atoms with Gasteiger partial charge in [-0.2, -0.15) is 0 Å². The molecule has 0 saturated heterocycles. The molecule has 2 heterocycles. The zero-order valence-electron chi connectivity index (χ0n) is 13.2. The van der Waals surface area contributed by atoms with E-state index in [4.69, 9.17) is 0 Å². The fourth-order valence-electron chi connectivity index (χ4n) is 3.05. The van der Waals surface area contributed by atoms with Crippen LogP contribution in [0, 0.1) is 0 Å². The van der Waals surface area contributed by atoms with Crippen molar-refractivity contribution in [2.24, 2.45) is 0 Å². The molecule has 1 amide bonds. The van der Waals surface area contributed by atoms with Crippen LogP contribution in [0.1, 0.15) is 23.1 Å². The summed E-state index contributed by atoms with van der Waals surface area (Å²) < 4.78 is 0. The Bertz CT molecular complexity index is 873. The zero-order valence-corrected chi connectivity index (χ0v) is 14.0. The quantitative estimate of drug-likeness (QED) is 0.787. The largest absolute Gasteiger partial charge is 0.302 e. The van der Waals surface area contributed by atoms with Crippen LogP contribution >= 0.6 is 11.3 Å². The van der Waals surface area contributed by atoms with E-state index in [1.54, 1.807) is 6.20 Å². The Kier molecular flexibility index (Phi) is 4.09. The van der Waals surface area contributed by atoms with Gasteiger partial charge in [-0.05, 0) is 48.1 Å². The van der Waals surface area contributed by atoms with Crippen molar-refractivity contribution >= 4 is 22.4 Å². The van der Waals surface area contributed by atoms with Gasteiger partial charge in [0.1, 0.15) is 5.69 Å². The average Bonchev–Trinajstić information content (AvgIpc) is 3.24. The molecule has 1 aliphatic carbocycles. The van der Waals surface area contributed by atoms with Crippen LogP contribution < -0.4 is 5.32 Å². The third kappa shape index (κ3) is 3.21. The number of pyridine rings is 1. The number of aryl methyl sites for hydroxylation is 2. The lowest BCUT2D eigenvalue weighted by Gasteiger charge is -2.05. The van der Waals surface area contributed by atoms with Gasteiger partial charge in [-0.1, -0.05) is 24.3 Å². The zero-order chi connectivity index (χ0) is 16.4. The Labute approximate surface area is 144 Å². The van der Waals surface area contributed by atoms with E-state index in [0.717, 1.165) is 29.8 Å². The van der Waals surface area contributed by atoms with Gasteiger partial charge in [0.15, 0.2) is 5.13 Å². The van der Waals surface area contributed by atoms with Crippen molar-refractivity contribution in [1.29, 1.82) is 0 Å². The molecule has 5 heteroatoms. The van der Waals surface area contributed by atoms with Crippen molar-refractivity contribution in [2.75, 3.05) is 5.32 Å². The molecule has 1 aromatic carbocycles. The van der Waals surface area contributed by atoms with E-state index in [1.165, 1.54) is 28.9 Å². The van der Waals surface area contributed by atoms with Crippen LogP contribution in [0.15, 0.2) is 48.0 Å². The minimum Gasteiger partial charge on any atom is -0.302 e. The van der Waals surface area contributed by atoms with E-state index in [1.807, 2.05) is 23.6 Å². The third-order valence-corrected chi connectivity index (χ3v) is 4.96. The first-order valence-electron chi connectivity index (χ1n) is 8.05. The van der Waals surface area contributed by atoms with E-state index >= 15 is 0 Å². The van der Waals surface area contributed by atoms with Gasteiger partial charge in [-0.3, -0.25) is 9.78 Å². The van der Waals surface area contributed by atoms with Crippen LogP contribution in [0.2, 0.25) is 0 Å². The number of amides is 1. The van der Waals surface area contributed by atoms with Crippen molar-refractivity contribution in [2.45, 2.75) is 25.7 Å². The molecule has 0 spiro atoms. The first kappa shape index (κ1) is 15.0. The molecule has 2 aromatic heterocycles. The first-order valence-corrected chi connectivity index (χ1v) is 8.93. The van der Waals surface area contributed by atoms with Gasteiger partial charge in [0.25, 0.3) is 0 Å². The van der Waals surface area contributed by atoms with Crippen LogP contribution in [0.4, 0.5) is 5.13 Å². The van der Waals surface area contributed by atoms with Crippen molar-refractivity contribution in [3.63, 3.8) is 0 Å². The number of nitrogens with one attached hydrogen (secondary N) is 1. The molecular weight excluding hydrogens is 318 g/mol. The Morgan fingerprint density at radius 3 is 2.92 bits per heavy atom. The first-order chi connectivity index (χ1) is 11.8. The number of fused-ring (bicyclic) bond motifs is 1. The Morgan fingerprint density at radius 2 is 2.04 bits per heavy atom. The van der Waals surface area contributed by atoms with Gasteiger partial charge in [0.05, 0.1) is 12.1 Å². The Morgan fingerprint density at radius 1 is 1.12 bits per heavy atom. The highest BCUT2D eigenvalue weighted by Crippen LogP contribution is 2.25. The monoisotopic (exact) mass is 335 g/mol. The molecule has 1 aliphatic rings. The third-order valence-electron chi connectivity index (χ3n) is 4.21. The van der Waals surface area contributed by atoms with Gasteiger partial charge in [0.2, 0.25) is 5.91 Å². The number of anilines is 1. The van der Waals surface area contributed by atoms with Gasteiger partial charge < -0.3 is 5.32 Å². The van der Waals surface area contributed by atoms with Crippen molar-refractivity contribution in [3.8, 4) is 11.4 Å². The Balaban J connectivity index is 1.42. The highest BCUT2D eigenvalue weighted by molar-refractivity contribution is 7.14. The lowest BCUT2D eigenvalue weighted by molar-refractivity contribution is -0.115. The number of rotatable bonds is 4. The molecule has 0 radical (unpaired) electrons. The van der Waals surface area contributed by atoms with E-state index in [0.29, 0.717) is 11.6 Å². The molecule has 0 unspecified atom stereocenters. The average molecular weight is 335 g/mol. The summed E-state index contributed by atoms with van der Waals surface area (Å²) in [6.45, 7) is 0. The fraction of sp³-hybridized carbons (Fsp3) is 0.211. The smallest absolute Gasteiger partial charge is 0.230 e. The van der Waals surface area contributed by atoms with Crippen LogP contribution in [0.25, 0.3) is 11.4 Å². The maximum atomic E-state index is 12.3. The number of thiazole rings is 1.